The Bertz CT molecular complexity index is 170. The Kier molecular flexibility index (Phi) is 4.55. The molecule has 0 aromatic carbocycles. The van der Waals surface area contributed by atoms with Crippen molar-refractivity contribution in [3.8, 4) is 0 Å². The molecule has 0 aliphatic rings. The van der Waals surface area contributed by atoms with Gasteiger partial charge >= 0.3 is 6.08 Å². The molecule has 0 fully saturated rings. The zero-order valence-electron chi connectivity index (χ0n) is 7.46. The highest BCUT2D eigenvalue weighted by Gasteiger charge is 2.14. The van der Waals surface area contributed by atoms with Crippen molar-refractivity contribution >= 4 is 8.32 Å². The van der Waals surface area contributed by atoms with Gasteiger partial charge in [0.15, 0.2) is 14.1 Å². The van der Waals surface area contributed by atoms with Gasteiger partial charge in [-0.2, -0.15) is 8.78 Å². The Morgan fingerprint density at radius 2 is 1.67 bits per heavy atom. The second kappa shape index (κ2) is 4.66. The van der Waals surface area contributed by atoms with Gasteiger partial charge in [0, 0.05) is 13.0 Å². The lowest BCUT2D eigenvalue weighted by atomic mass is 10.4. The number of hydrogen-bond acceptors (Lipinski definition) is 1. The number of rotatable bonds is 4. The molecule has 5 heteroatoms. The van der Waals surface area contributed by atoms with Gasteiger partial charge in [-0.05, 0) is 19.6 Å². The SMILES string of the molecule is C[Si](C)(C)OCCC(F)=C(F)F. The summed E-state index contributed by atoms with van der Waals surface area (Å²) in [6.07, 6.45) is -2.57. The highest BCUT2D eigenvalue weighted by atomic mass is 28.4. The third kappa shape index (κ3) is 6.42. The minimum absolute atomic E-state index is 0.0406. The first kappa shape index (κ1) is 11.7. The average Bonchev–Trinajstić information content (AvgIpc) is 1.84. The minimum atomic E-state index is -2.24. The molecule has 0 N–H and O–H groups in total. The molecule has 0 aliphatic carbocycles. The molecule has 0 saturated carbocycles. The van der Waals surface area contributed by atoms with E-state index in [4.69, 9.17) is 4.43 Å². The van der Waals surface area contributed by atoms with Crippen molar-refractivity contribution in [1.82, 2.24) is 0 Å². The Morgan fingerprint density at radius 1 is 1.17 bits per heavy atom. The van der Waals surface area contributed by atoms with E-state index in [2.05, 4.69) is 0 Å². The maximum Gasteiger partial charge on any atom is 0.301 e. The van der Waals surface area contributed by atoms with E-state index in [1.807, 2.05) is 19.6 Å². The lowest BCUT2D eigenvalue weighted by Gasteiger charge is -2.16. The number of hydrogen-bond donors (Lipinski definition) is 0. The molecular weight excluding hydrogens is 185 g/mol. The van der Waals surface area contributed by atoms with Crippen molar-refractivity contribution in [3.05, 3.63) is 11.9 Å². The molecule has 72 valence electrons. The molecule has 0 aliphatic heterocycles. The van der Waals surface area contributed by atoms with Gasteiger partial charge in [0.25, 0.3) is 0 Å². The molecule has 0 spiro atoms. The lowest BCUT2D eigenvalue weighted by Crippen LogP contribution is -2.25. The molecule has 0 heterocycles. The monoisotopic (exact) mass is 198 g/mol. The molecule has 1 nitrogen and oxygen atoms in total. The largest absolute Gasteiger partial charge is 0.417 e. The van der Waals surface area contributed by atoms with E-state index < -0.39 is 20.2 Å². The summed E-state index contributed by atoms with van der Waals surface area (Å²) in [4.78, 5) is 0. The average molecular weight is 198 g/mol. The molecule has 0 saturated heterocycles. The normalized spacial score (nSPS) is 11.5. The maximum absolute atomic E-state index is 12.2. The fraction of sp³-hybridized carbons (Fsp3) is 0.714. The molecule has 0 aromatic rings. The van der Waals surface area contributed by atoms with Gasteiger partial charge in [-0.25, -0.2) is 4.39 Å². The molecule has 0 bridgehead atoms. The van der Waals surface area contributed by atoms with Gasteiger partial charge in [0.1, 0.15) is 0 Å². The number of halogens is 3. The maximum atomic E-state index is 12.2. The van der Waals surface area contributed by atoms with Gasteiger partial charge in [-0.3, -0.25) is 0 Å². The van der Waals surface area contributed by atoms with Crippen LogP contribution in [0.4, 0.5) is 13.2 Å². The topological polar surface area (TPSA) is 9.23 Å². The first-order valence-electron chi connectivity index (χ1n) is 3.66. The van der Waals surface area contributed by atoms with E-state index >= 15 is 0 Å². The predicted octanol–water partition coefficient (Wildman–Crippen LogP) is 3.31. The standard InChI is InChI=1S/C7H13F3OSi/c1-12(2,3)11-5-4-6(8)7(9)10/h4-5H2,1-3H3. The van der Waals surface area contributed by atoms with Crippen LogP contribution in [0.2, 0.25) is 19.6 Å². The van der Waals surface area contributed by atoms with Gasteiger partial charge < -0.3 is 4.43 Å². The van der Waals surface area contributed by atoms with E-state index in [0.717, 1.165) is 0 Å². The lowest BCUT2D eigenvalue weighted by molar-refractivity contribution is 0.290. The molecule has 0 unspecified atom stereocenters. The fourth-order valence-corrected chi connectivity index (χ4v) is 1.26. The summed E-state index contributed by atoms with van der Waals surface area (Å²) in [6, 6.07) is 0. The van der Waals surface area contributed by atoms with E-state index in [1.54, 1.807) is 0 Å². The third-order valence-corrected chi connectivity index (χ3v) is 2.13. The molecule has 0 atom stereocenters. The van der Waals surface area contributed by atoms with Crippen molar-refractivity contribution in [2.75, 3.05) is 6.61 Å². The van der Waals surface area contributed by atoms with Gasteiger partial charge in [0.2, 0.25) is 0 Å². The molecule has 0 amide bonds. The third-order valence-electron chi connectivity index (χ3n) is 1.06. The van der Waals surface area contributed by atoms with Crippen LogP contribution in [0.15, 0.2) is 11.9 Å². The zero-order chi connectivity index (χ0) is 9.78. The van der Waals surface area contributed by atoms with Crippen LogP contribution in [-0.4, -0.2) is 14.9 Å². The molecule has 0 radical (unpaired) electrons. The van der Waals surface area contributed by atoms with Gasteiger partial charge in [-0.15, -0.1) is 0 Å². The Hall–Kier alpha value is -0.293. The van der Waals surface area contributed by atoms with Crippen LogP contribution in [0.3, 0.4) is 0 Å². The first-order chi connectivity index (χ1) is 5.33. The van der Waals surface area contributed by atoms with Crippen LogP contribution >= 0.6 is 0 Å². The summed E-state index contributed by atoms with van der Waals surface area (Å²) in [5.74, 6) is -1.37. The van der Waals surface area contributed by atoms with Crippen molar-refractivity contribution in [1.29, 1.82) is 0 Å². The van der Waals surface area contributed by atoms with E-state index in [-0.39, 0.29) is 13.0 Å². The molecule has 12 heavy (non-hydrogen) atoms. The predicted molar refractivity (Wildman–Crippen MR) is 44.3 cm³/mol. The molecular formula is C7H13F3OSi. The van der Waals surface area contributed by atoms with Crippen LogP contribution < -0.4 is 0 Å². The second-order valence-electron chi connectivity index (χ2n) is 3.38. The molecule has 0 aromatic heterocycles. The quantitative estimate of drug-likeness (QED) is 0.630. The van der Waals surface area contributed by atoms with Crippen LogP contribution in [0.1, 0.15) is 6.42 Å². The zero-order valence-corrected chi connectivity index (χ0v) is 8.46. The Balaban J connectivity index is 3.66. The van der Waals surface area contributed by atoms with Crippen molar-refractivity contribution in [2.45, 2.75) is 26.1 Å². The van der Waals surface area contributed by atoms with Crippen LogP contribution in [0, 0.1) is 0 Å². The summed E-state index contributed by atoms with van der Waals surface area (Å²) in [5.41, 5.74) is 0. The fourth-order valence-electron chi connectivity index (χ4n) is 0.541. The van der Waals surface area contributed by atoms with E-state index in [9.17, 15) is 13.2 Å². The summed E-state index contributed by atoms with van der Waals surface area (Å²) in [7, 11) is -1.69. The van der Waals surface area contributed by atoms with Gasteiger partial charge in [0.05, 0.1) is 0 Å². The summed E-state index contributed by atoms with van der Waals surface area (Å²) < 4.78 is 40.4. The van der Waals surface area contributed by atoms with E-state index in [0.29, 0.717) is 0 Å². The minimum Gasteiger partial charge on any atom is -0.417 e. The summed E-state index contributed by atoms with van der Waals surface area (Å²) >= 11 is 0. The Labute approximate surface area is 71.4 Å². The highest BCUT2D eigenvalue weighted by molar-refractivity contribution is 6.69. The van der Waals surface area contributed by atoms with E-state index in [1.165, 1.54) is 0 Å². The second-order valence-corrected chi connectivity index (χ2v) is 7.89. The van der Waals surface area contributed by atoms with Crippen molar-refractivity contribution in [3.63, 3.8) is 0 Å². The summed E-state index contributed by atoms with van der Waals surface area (Å²) in [6.45, 7) is 5.79. The first-order valence-corrected chi connectivity index (χ1v) is 7.07. The van der Waals surface area contributed by atoms with Crippen molar-refractivity contribution < 1.29 is 17.6 Å². The smallest absolute Gasteiger partial charge is 0.301 e. The van der Waals surface area contributed by atoms with Crippen LogP contribution in [0.25, 0.3) is 0 Å². The summed E-state index contributed by atoms with van der Waals surface area (Å²) in [5, 5.41) is 0. The Morgan fingerprint density at radius 3 is 2.00 bits per heavy atom. The van der Waals surface area contributed by atoms with Crippen molar-refractivity contribution in [2.24, 2.45) is 0 Å². The van der Waals surface area contributed by atoms with Gasteiger partial charge in [-0.1, -0.05) is 0 Å². The highest BCUT2D eigenvalue weighted by Crippen LogP contribution is 2.14. The van der Waals surface area contributed by atoms with Crippen LogP contribution in [-0.2, 0) is 4.43 Å². The van der Waals surface area contributed by atoms with Crippen LogP contribution in [0.5, 0.6) is 0 Å². The molecule has 0 rings (SSSR count).